The van der Waals surface area contributed by atoms with Gasteiger partial charge >= 0.3 is 0 Å². The van der Waals surface area contributed by atoms with Gasteiger partial charge in [-0.25, -0.2) is 0 Å². The molecule has 1 aromatic carbocycles. The summed E-state index contributed by atoms with van der Waals surface area (Å²) < 4.78 is 0. The first-order chi connectivity index (χ1) is 10.3. The van der Waals surface area contributed by atoms with Crippen LogP contribution in [0.1, 0.15) is 35.1 Å². The molecule has 0 amide bonds. The van der Waals surface area contributed by atoms with Crippen LogP contribution in [0.3, 0.4) is 0 Å². The Hall–Kier alpha value is -1.80. The molecule has 2 nitrogen and oxygen atoms in total. The van der Waals surface area contributed by atoms with E-state index in [2.05, 4.69) is 47.6 Å². The maximum Gasteiger partial charge on any atom is 0.0555 e. The highest BCUT2D eigenvalue weighted by molar-refractivity contribution is 6.32. The lowest BCUT2D eigenvalue weighted by atomic mass is 9.76. The summed E-state index contributed by atoms with van der Waals surface area (Å²) in [5.41, 5.74) is 5.03. The van der Waals surface area contributed by atoms with Crippen LogP contribution in [-0.4, -0.2) is 4.98 Å². The summed E-state index contributed by atoms with van der Waals surface area (Å²) in [5, 5.41) is 4.61. The first-order valence-corrected chi connectivity index (χ1v) is 7.75. The van der Waals surface area contributed by atoms with E-state index in [1.165, 1.54) is 22.4 Å². The van der Waals surface area contributed by atoms with Gasteiger partial charge < -0.3 is 5.32 Å². The van der Waals surface area contributed by atoms with Crippen molar-refractivity contribution in [1.82, 2.24) is 4.98 Å². The quantitative estimate of drug-likeness (QED) is 0.759. The van der Waals surface area contributed by atoms with Crippen LogP contribution < -0.4 is 5.32 Å². The van der Waals surface area contributed by atoms with Gasteiger partial charge in [0.05, 0.1) is 6.04 Å². The topological polar surface area (TPSA) is 24.9 Å². The smallest absolute Gasteiger partial charge is 0.0555 e. The molecule has 2 heterocycles. The van der Waals surface area contributed by atoms with E-state index in [4.69, 9.17) is 11.6 Å². The van der Waals surface area contributed by atoms with E-state index >= 15 is 0 Å². The molecule has 0 bridgehead atoms. The number of halogens is 1. The Morgan fingerprint density at radius 2 is 2.00 bits per heavy atom. The summed E-state index contributed by atoms with van der Waals surface area (Å²) >= 11 is 6.49. The van der Waals surface area contributed by atoms with Crippen molar-refractivity contribution in [2.45, 2.75) is 25.3 Å². The van der Waals surface area contributed by atoms with Crippen molar-refractivity contribution in [3.8, 4) is 0 Å². The van der Waals surface area contributed by atoms with Crippen molar-refractivity contribution in [2.24, 2.45) is 5.92 Å². The summed E-state index contributed by atoms with van der Waals surface area (Å²) in [6, 6.07) is 8.65. The second-order valence-electron chi connectivity index (χ2n) is 5.91. The van der Waals surface area contributed by atoms with Gasteiger partial charge in [0.1, 0.15) is 0 Å². The van der Waals surface area contributed by atoms with E-state index in [0.717, 1.165) is 11.4 Å². The lowest BCUT2D eigenvalue weighted by Gasteiger charge is -2.38. The summed E-state index contributed by atoms with van der Waals surface area (Å²) in [6.45, 7) is 2.14. The van der Waals surface area contributed by atoms with E-state index in [1.807, 2.05) is 18.5 Å². The molecule has 3 atom stereocenters. The van der Waals surface area contributed by atoms with Crippen LogP contribution >= 0.6 is 11.6 Å². The first-order valence-electron chi connectivity index (χ1n) is 7.38. The Morgan fingerprint density at radius 3 is 2.81 bits per heavy atom. The zero-order valence-electron chi connectivity index (χ0n) is 11.9. The maximum atomic E-state index is 6.49. The van der Waals surface area contributed by atoms with Gasteiger partial charge in [-0.1, -0.05) is 29.8 Å². The number of aryl methyl sites for hydroxylation is 1. The summed E-state index contributed by atoms with van der Waals surface area (Å²) in [6.07, 6.45) is 9.45. The highest BCUT2D eigenvalue weighted by atomic mass is 35.5. The molecule has 2 aromatic rings. The standard InChI is InChI=1S/C18H17ClN2/c1-11-5-6-15(19)16-13-3-2-4-14(13)18(21-17(11)16)12-7-9-20-10-8-12/h2-3,5-10,13-14,18,21H,4H2,1H3/t13-,14+,18+/m0/s1. The predicted molar refractivity (Wildman–Crippen MR) is 86.8 cm³/mol. The Bertz CT molecular complexity index is 709. The zero-order chi connectivity index (χ0) is 14.4. The minimum Gasteiger partial charge on any atom is -0.377 e. The molecule has 106 valence electrons. The molecule has 1 aliphatic carbocycles. The van der Waals surface area contributed by atoms with Crippen LogP contribution in [0.25, 0.3) is 0 Å². The monoisotopic (exact) mass is 296 g/mol. The molecule has 3 heteroatoms. The normalized spacial score (nSPS) is 26.1. The molecular weight excluding hydrogens is 280 g/mol. The molecule has 4 rings (SSSR count). The fourth-order valence-corrected chi connectivity index (χ4v) is 3.99. The lowest BCUT2D eigenvalue weighted by molar-refractivity contribution is 0.425. The molecule has 0 fully saturated rings. The summed E-state index contributed by atoms with van der Waals surface area (Å²) in [7, 11) is 0. The van der Waals surface area contributed by atoms with Crippen molar-refractivity contribution in [3.63, 3.8) is 0 Å². The van der Waals surface area contributed by atoms with Gasteiger partial charge in [-0.3, -0.25) is 4.98 Å². The van der Waals surface area contributed by atoms with Crippen LogP contribution in [-0.2, 0) is 0 Å². The first kappa shape index (κ1) is 12.9. The molecule has 0 radical (unpaired) electrons. The van der Waals surface area contributed by atoms with Crippen molar-refractivity contribution >= 4 is 17.3 Å². The fraction of sp³-hybridized carbons (Fsp3) is 0.278. The van der Waals surface area contributed by atoms with Gasteiger partial charge in [-0.2, -0.15) is 0 Å². The van der Waals surface area contributed by atoms with E-state index in [0.29, 0.717) is 17.9 Å². The van der Waals surface area contributed by atoms with Crippen molar-refractivity contribution < 1.29 is 0 Å². The molecule has 1 aromatic heterocycles. The number of nitrogens with zero attached hydrogens (tertiary/aromatic N) is 1. The van der Waals surface area contributed by atoms with Gasteiger partial charge in [-0.05, 0) is 48.6 Å². The fourth-order valence-electron chi connectivity index (χ4n) is 3.71. The average molecular weight is 297 g/mol. The van der Waals surface area contributed by atoms with Gasteiger partial charge in [-0.15, -0.1) is 0 Å². The van der Waals surface area contributed by atoms with Crippen molar-refractivity contribution in [1.29, 1.82) is 0 Å². The number of fused-ring (bicyclic) bond motifs is 3. The Morgan fingerprint density at radius 1 is 1.19 bits per heavy atom. The number of pyridine rings is 1. The zero-order valence-corrected chi connectivity index (χ0v) is 12.6. The molecule has 2 aliphatic rings. The number of rotatable bonds is 1. The average Bonchev–Trinajstić information content (AvgIpc) is 3.00. The highest BCUT2D eigenvalue weighted by Crippen LogP contribution is 2.52. The van der Waals surface area contributed by atoms with Crippen molar-refractivity contribution in [2.75, 3.05) is 5.32 Å². The van der Waals surface area contributed by atoms with E-state index in [-0.39, 0.29) is 0 Å². The summed E-state index contributed by atoms with van der Waals surface area (Å²) in [5.74, 6) is 0.936. The maximum absolute atomic E-state index is 6.49. The predicted octanol–water partition coefficient (Wildman–Crippen LogP) is 4.87. The molecule has 0 unspecified atom stereocenters. The molecular formula is C18H17ClN2. The second kappa shape index (κ2) is 4.88. The molecule has 21 heavy (non-hydrogen) atoms. The molecule has 0 spiro atoms. The van der Waals surface area contributed by atoms with E-state index in [1.54, 1.807) is 0 Å². The Kier molecular flexibility index (Phi) is 3.00. The molecule has 1 N–H and O–H groups in total. The van der Waals surface area contributed by atoms with Crippen LogP contribution in [0.15, 0.2) is 48.8 Å². The highest BCUT2D eigenvalue weighted by Gasteiger charge is 2.39. The van der Waals surface area contributed by atoms with E-state index in [9.17, 15) is 0 Å². The number of hydrogen-bond acceptors (Lipinski definition) is 2. The third-order valence-electron chi connectivity index (χ3n) is 4.74. The third-order valence-corrected chi connectivity index (χ3v) is 5.07. The summed E-state index contributed by atoms with van der Waals surface area (Å²) in [4.78, 5) is 4.14. The Balaban J connectivity index is 1.86. The largest absolute Gasteiger partial charge is 0.377 e. The molecule has 0 saturated carbocycles. The van der Waals surface area contributed by atoms with Gasteiger partial charge in [0.2, 0.25) is 0 Å². The van der Waals surface area contributed by atoms with E-state index < -0.39 is 0 Å². The van der Waals surface area contributed by atoms with Crippen LogP contribution in [0.5, 0.6) is 0 Å². The van der Waals surface area contributed by atoms with Crippen LogP contribution in [0.4, 0.5) is 5.69 Å². The number of nitrogens with one attached hydrogen (secondary N) is 1. The Labute approximate surface area is 129 Å². The van der Waals surface area contributed by atoms with Gasteiger partial charge in [0, 0.05) is 34.6 Å². The number of hydrogen-bond donors (Lipinski definition) is 1. The molecule has 0 saturated heterocycles. The van der Waals surface area contributed by atoms with Crippen molar-refractivity contribution in [3.05, 3.63) is 70.5 Å². The van der Waals surface area contributed by atoms with Crippen LogP contribution in [0, 0.1) is 12.8 Å². The van der Waals surface area contributed by atoms with Crippen LogP contribution in [0.2, 0.25) is 5.02 Å². The van der Waals surface area contributed by atoms with Gasteiger partial charge in [0.15, 0.2) is 0 Å². The SMILES string of the molecule is Cc1ccc(Cl)c2c1N[C@H](c1ccncc1)[C@@H]1CC=C[C@H]21. The van der Waals surface area contributed by atoms with Gasteiger partial charge in [0.25, 0.3) is 0 Å². The molecule has 1 aliphatic heterocycles. The second-order valence-corrected chi connectivity index (χ2v) is 6.32. The number of benzene rings is 1. The number of aromatic nitrogens is 1. The third kappa shape index (κ3) is 1.97. The number of allylic oxidation sites excluding steroid dienone is 2. The minimum atomic E-state index is 0.317. The lowest BCUT2D eigenvalue weighted by Crippen LogP contribution is -2.29. The number of anilines is 1. The minimum absolute atomic E-state index is 0.317.